The van der Waals surface area contributed by atoms with Crippen molar-refractivity contribution in [3.8, 4) is 0 Å². The summed E-state index contributed by atoms with van der Waals surface area (Å²) in [4.78, 5) is 3.85. The quantitative estimate of drug-likeness (QED) is 0.697. The van der Waals surface area contributed by atoms with E-state index in [-0.39, 0.29) is 18.2 Å². The van der Waals surface area contributed by atoms with Gasteiger partial charge in [0, 0.05) is 6.26 Å². The second kappa shape index (κ2) is 3.33. The first-order valence-corrected chi connectivity index (χ1v) is 5.79. The van der Waals surface area contributed by atoms with Gasteiger partial charge in [0.1, 0.15) is 15.7 Å². The molecule has 0 aliphatic heterocycles. The largest absolute Gasteiger partial charge is 0.368 e. The van der Waals surface area contributed by atoms with Gasteiger partial charge in [0.25, 0.3) is 0 Å². The first-order valence-electron chi connectivity index (χ1n) is 3.73. The number of hydrogen-bond acceptors (Lipinski definition) is 5. The van der Waals surface area contributed by atoms with Crippen molar-refractivity contribution in [1.29, 1.82) is 0 Å². The standard InChI is InChI=1S/C6H12N4O2S/c1-5-8-6(7)10(9-5)3-4-13(2,11)12/h3-4H2,1-2H3,(H2,7,8,9). The molecule has 7 heteroatoms. The van der Waals surface area contributed by atoms with Crippen LogP contribution < -0.4 is 5.73 Å². The highest BCUT2D eigenvalue weighted by Gasteiger charge is 2.06. The molecule has 1 rings (SSSR count). The molecule has 1 heterocycles. The second-order valence-electron chi connectivity index (χ2n) is 2.87. The third kappa shape index (κ3) is 3.02. The number of hydrogen-bond donors (Lipinski definition) is 1. The maximum atomic E-state index is 10.8. The Labute approximate surface area is 76.7 Å². The number of nitrogens with zero attached hydrogens (tertiary/aromatic N) is 3. The lowest BCUT2D eigenvalue weighted by Crippen LogP contribution is -2.14. The zero-order valence-electron chi connectivity index (χ0n) is 7.56. The Kier molecular flexibility index (Phi) is 2.55. The zero-order chi connectivity index (χ0) is 10.1. The fourth-order valence-electron chi connectivity index (χ4n) is 0.889. The third-order valence-corrected chi connectivity index (χ3v) is 2.40. The molecule has 0 aliphatic rings. The van der Waals surface area contributed by atoms with Crippen LogP contribution in [0.5, 0.6) is 0 Å². The number of nitrogens with two attached hydrogens (primary N) is 1. The molecule has 0 aliphatic carbocycles. The molecule has 1 aromatic heterocycles. The van der Waals surface area contributed by atoms with Crippen LogP contribution in [-0.4, -0.2) is 35.2 Å². The van der Waals surface area contributed by atoms with E-state index >= 15 is 0 Å². The molecule has 0 aromatic carbocycles. The topological polar surface area (TPSA) is 90.9 Å². The number of nitrogen functional groups attached to an aromatic ring is 1. The van der Waals surface area contributed by atoms with Crippen molar-refractivity contribution in [2.75, 3.05) is 17.7 Å². The molecule has 0 unspecified atom stereocenters. The van der Waals surface area contributed by atoms with Gasteiger partial charge in [0.05, 0.1) is 12.3 Å². The summed E-state index contributed by atoms with van der Waals surface area (Å²) in [6, 6.07) is 0. The van der Waals surface area contributed by atoms with E-state index in [0.29, 0.717) is 5.82 Å². The third-order valence-electron chi connectivity index (χ3n) is 1.48. The number of anilines is 1. The average Bonchev–Trinajstić information content (AvgIpc) is 2.24. The highest BCUT2D eigenvalue weighted by Crippen LogP contribution is 1.99. The number of aryl methyl sites for hydroxylation is 2. The molecule has 0 bridgehead atoms. The average molecular weight is 204 g/mol. The van der Waals surface area contributed by atoms with E-state index in [1.807, 2.05) is 0 Å². The van der Waals surface area contributed by atoms with Crippen LogP contribution in [0.4, 0.5) is 5.95 Å². The molecule has 0 amide bonds. The minimum absolute atomic E-state index is 0.0278. The van der Waals surface area contributed by atoms with Gasteiger partial charge in [-0.15, -0.1) is 0 Å². The maximum Gasteiger partial charge on any atom is 0.218 e. The lowest BCUT2D eigenvalue weighted by Gasteiger charge is -2.00. The SMILES string of the molecule is Cc1nc(N)n(CCS(C)(=O)=O)n1. The van der Waals surface area contributed by atoms with Crippen LogP contribution in [0, 0.1) is 6.92 Å². The Morgan fingerprint density at radius 3 is 2.54 bits per heavy atom. The first kappa shape index (κ1) is 9.97. The van der Waals surface area contributed by atoms with Gasteiger partial charge in [-0.2, -0.15) is 10.1 Å². The second-order valence-corrected chi connectivity index (χ2v) is 5.13. The molecule has 1 aromatic rings. The van der Waals surface area contributed by atoms with Crippen molar-refractivity contribution in [3.63, 3.8) is 0 Å². The molecule has 0 spiro atoms. The van der Waals surface area contributed by atoms with Crippen molar-refractivity contribution < 1.29 is 8.42 Å². The van der Waals surface area contributed by atoms with Crippen LogP contribution in [0.2, 0.25) is 0 Å². The lowest BCUT2D eigenvalue weighted by atomic mass is 10.7. The van der Waals surface area contributed by atoms with Crippen LogP contribution in [0.3, 0.4) is 0 Å². The van der Waals surface area contributed by atoms with Crippen LogP contribution in [0.1, 0.15) is 5.82 Å². The molecule has 74 valence electrons. The van der Waals surface area contributed by atoms with Crippen LogP contribution in [0.25, 0.3) is 0 Å². The Morgan fingerprint density at radius 2 is 2.15 bits per heavy atom. The summed E-state index contributed by atoms with van der Waals surface area (Å²) in [5.41, 5.74) is 5.47. The van der Waals surface area contributed by atoms with E-state index in [0.717, 1.165) is 0 Å². The van der Waals surface area contributed by atoms with Crippen molar-refractivity contribution in [1.82, 2.24) is 14.8 Å². The molecule has 2 N–H and O–H groups in total. The summed E-state index contributed by atoms with van der Waals surface area (Å²) in [5.74, 6) is 0.826. The van der Waals surface area contributed by atoms with Crippen molar-refractivity contribution in [2.24, 2.45) is 0 Å². The fraction of sp³-hybridized carbons (Fsp3) is 0.667. The smallest absolute Gasteiger partial charge is 0.218 e. The Bertz CT molecular complexity index is 395. The molecular weight excluding hydrogens is 192 g/mol. The lowest BCUT2D eigenvalue weighted by molar-refractivity contribution is 0.587. The molecular formula is C6H12N4O2S. The first-order chi connectivity index (χ1) is 5.88. The predicted octanol–water partition coefficient (Wildman–Crippen LogP) is -0.787. The van der Waals surface area contributed by atoms with Gasteiger partial charge >= 0.3 is 0 Å². The van der Waals surface area contributed by atoms with E-state index in [2.05, 4.69) is 10.1 Å². The highest BCUT2D eigenvalue weighted by molar-refractivity contribution is 7.90. The molecule has 0 saturated carbocycles. The zero-order valence-corrected chi connectivity index (χ0v) is 8.37. The van der Waals surface area contributed by atoms with Gasteiger partial charge in [-0.25, -0.2) is 13.1 Å². The van der Waals surface area contributed by atoms with Crippen LogP contribution in [-0.2, 0) is 16.4 Å². The molecule has 0 radical (unpaired) electrons. The van der Waals surface area contributed by atoms with E-state index in [9.17, 15) is 8.42 Å². The molecule has 0 atom stereocenters. The molecule has 0 fully saturated rings. The summed E-state index contributed by atoms with van der Waals surface area (Å²) < 4.78 is 23.0. The normalized spacial score (nSPS) is 11.8. The number of rotatable bonds is 3. The van der Waals surface area contributed by atoms with Gasteiger partial charge < -0.3 is 5.73 Å². The Balaban J connectivity index is 2.70. The van der Waals surface area contributed by atoms with E-state index in [4.69, 9.17) is 5.73 Å². The summed E-state index contributed by atoms with van der Waals surface area (Å²) in [6.07, 6.45) is 1.17. The van der Waals surface area contributed by atoms with Crippen LogP contribution >= 0.6 is 0 Å². The molecule has 0 saturated heterocycles. The highest BCUT2D eigenvalue weighted by atomic mass is 32.2. The van der Waals surface area contributed by atoms with E-state index in [1.165, 1.54) is 10.9 Å². The summed E-state index contributed by atoms with van der Waals surface area (Å²) in [7, 11) is -2.97. The van der Waals surface area contributed by atoms with Crippen molar-refractivity contribution in [2.45, 2.75) is 13.5 Å². The predicted molar refractivity (Wildman–Crippen MR) is 48.9 cm³/mol. The van der Waals surface area contributed by atoms with E-state index in [1.54, 1.807) is 6.92 Å². The number of aromatic nitrogens is 3. The minimum Gasteiger partial charge on any atom is -0.368 e. The van der Waals surface area contributed by atoms with Gasteiger partial charge in [0.15, 0.2) is 0 Å². The van der Waals surface area contributed by atoms with Gasteiger partial charge in [-0.1, -0.05) is 0 Å². The van der Waals surface area contributed by atoms with Gasteiger partial charge in [-0.3, -0.25) is 0 Å². The minimum atomic E-state index is -2.97. The van der Waals surface area contributed by atoms with Gasteiger partial charge in [-0.05, 0) is 6.92 Å². The molecule has 13 heavy (non-hydrogen) atoms. The van der Waals surface area contributed by atoms with Crippen molar-refractivity contribution >= 4 is 15.8 Å². The van der Waals surface area contributed by atoms with E-state index < -0.39 is 9.84 Å². The Hall–Kier alpha value is -1.11. The maximum absolute atomic E-state index is 10.8. The summed E-state index contributed by atoms with van der Waals surface area (Å²) in [5, 5.41) is 3.93. The van der Waals surface area contributed by atoms with Crippen LogP contribution in [0.15, 0.2) is 0 Å². The fourth-order valence-corrected chi connectivity index (χ4v) is 1.39. The monoisotopic (exact) mass is 204 g/mol. The van der Waals surface area contributed by atoms with Gasteiger partial charge in [0.2, 0.25) is 5.95 Å². The number of sulfone groups is 1. The Morgan fingerprint density at radius 1 is 1.54 bits per heavy atom. The van der Waals surface area contributed by atoms with Crippen molar-refractivity contribution in [3.05, 3.63) is 5.82 Å². The molecule has 6 nitrogen and oxygen atoms in total. The summed E-state index contributed by atoms with van der Waals surface area (Å²) in [6.45, 7) is 1.96. The summed E-state index contributed by atoms with van der Waals surface area (Å²) >= 11 is 0.